The van der Waals surface area contributed by atoms with Gasteiger partial charge >= 0.3 is 0 Å². The molecule has 1 fully saturated rings. The van der Waals surface area contributed by atoms with Crippen LogP contribution in [0.5, 0.6) is 0 Å². The van der Waals surface area contributed by atoms with E-state index in [1.807, 2.05) is 6.07 Å². The van der Waals surface area contributed by atoms with E-state index in [1.54, 1.807) is 12.1 Å². The van der Waals surface area contributed by atoms with Crippen LogP contribution in [-0.4, -0.2) is 25.0 Å². The fourth-order valence-electron chi connectivity index (χ4n) is 3.05. The van der Waals surface area contributed by atoms with Crippen molar-refractivity contribution in [3.8, 4) is 0 Å². The van der Waals surface area contributed by atoms with Gasteiger partial charge in [0.15, 0.2) is 0 Å². The van der Waals surface area contributed by atoms with E-state index < -0.39 is 5.41 Å². The van der Waals surface area contributed by atoms with Gasteiger partial charge in [0, 0.05) is 19.1 Å². The molecule has 3 rings (SSSR count). The first-order valence-electron chi connectivity index (χ1n) is 7.61. The number of carbonyl (C=O) groups excluding carboxylic acids is 1. The second-order valence-electron chi connectivity index (χ2n) is 6.09. The van der Waals surface area contributed by atoms with Gasteiger partial charge in [0.1, 0.15) is 5.82 Å². The molecule has 1 amide bonds. The van der Waals surface area contributed by atoms with Gasteiger partial charge in [-0.15, -0.1) is 0 Å². The maximum atomic E-state index is 13.8. The monoisotopic (exact) mass is 288 g/mol. The van der Waals surface area contributed by atoms with E-state index in [-0.39, 0.29) is 17.8 Å². The van der Waals surface area contributed by atoms with Gasteiger partial charge in [-0.2, -0.15) is 0 Å². The maximum Gasteiger partial charge on any atom is 0.229 e. The van der Waals surface area contributed by atoms with Crippen molar-refractivity contribution >= 4 is 5.91 Å². The van der Waals surface area contributed by atoms with Crippen LogP contribution in [-0.2, 0) is 11.2 Å². The van der Waals surface area contributed by atoms with Gasteiger partial charge in [-0.05, 0) is 37.3 Å². The molecule has 1 aromatic carbocycles. The normalized spacial score (nSPS) is 23.4. The highest BCUT2D eigenvalue weighted by atomic mass is 19.1. The van der Waals surface area contributed by atoms with Crippen LogP contribution in [0.3, 0.4) is 0 Å². The second-order valence-corrected chi connectivity index (χ2v) is 6.09. The number of halogens is 1. The van der Waals surface area contributed by atoms with Gasteiger partial charge in [0.25, 0.3) is 0 Å². The highest BCUT2D eigenvalue weighted by Gasteiger charge is 2.45. The predicted octanol–water partition coefficient (Wildman–Crippen LogP) is 2.18. The molecule has 1 aliphatic carbocycles. The molecule has 0 spiro atoms. The number of carbonyl (C=O) groups is 1. The van der Waals surface area contributed by atoms with Crippen molar-refractivity contribution in [2.45, 2.75) is 31.7 Å². The minimum absolute atomic E-state index is 0.0426. The predicted molar refractivity (Wildman–Crippen MR) is 80.3 cm³/mol. The Labute approximate surface area is 124 Å². The zero-order valence-electron chi connectivity index (χ0n) is 12.1. The fourth-order valence-corrected chi connectivity index (χ4v) is 3.05. The minimum atomic E-state index is -0.506. The summed E-state index contributed by atoms with van der Waals surface area (Å²) in [7, 11) is 0. The van der Waals surface area contributed by atoms with Crippen molar-refractivity contribution in [3.05, 3.63) is 47.8 Å². The molecular weight excluding hydrogens is 267 g/mol. The van der Waals surface area contributed by atoms with Crippen molar-refractivity contribution in [2.75, 3.05) is 13.1 Å². The quantitative estimate of drug-likeness (QED) is 0.834. The molecule has 0 radical (unpaired) electrons. The molecule has 2 N–H and O–H groups in total. The summed E-state index contributed by atoms with van der Waals surface area (Å²) < 4.78 is 13.8. The average molecular weight is 288 g/mol. The van der Waals surface area contributed by atoms with Crippen LogP contribution in [0.15, 0.2) is 36.4 Å². The molecule has 0 aromatic heterocycles. The number of nitrogens with one attached hydrogen (secondary N) is 2. The van der Waals surface area contributed by atoms with Crippen molar-refractivity contribution in [1.29, 1.82) is 0 Å². The molecular formula is C17H21FN2O. The lowest BCUT2D eigenvalue weighted by Crippen LogP contribution is -2.63. The van der Waals surface area contributed by atoms with Crippen molar-refractivity contribution < 1.29 is 9.18 Å². The van der Waals surface area contributed by atoms with Crippen LogP contribution >= 0.6 is 0 Å². The first kappa shape index (κ1) is 14.3. The van der Waals surface area contributed by atoms with Crippen molar-refractivity contribution in [1.82, 2.24) is 10.6 Å². The van der Waals surface area contributed by atoms with E-state index in [1.165, 1.54) is 6.07 Å². The molecule has 1 heterocycles. The Bertz CT molecular complexity index is 551. The van der Waals surface area contributed by atoms with Gasteiger partial charge < -0.3 is 10.6 Å². The van der Waals surface area contributed by atoms with Gasteiger partial charge in [-0.25, -0.2) is 4.39 Å². The average Bonchev–Trinajstić information content (AvgIpc) is 2.45. The molecule has 4 heteroatoms. The first-order chi connectivity index (χ1) is 10.2. The molecule has 112 valence electrons. The zero-order chi connectivity index (χ0) is 14.7. The molecule has 3 nitrogen and oxygen atoms in total. The Hall–Kier alpha value is -1.68. The number of benzene rings is 1. The van der Waals surface area contributed by atoms with Gasteiger partial charge in [0.05, 0.1) is 5.41 Å². The summed E-state index contributed by atoms with van der Waals surface area (Å²) in [6.45, 7) is 1.23. The lowest BCUT2D eigenvalue weighted by atomic mass is 9.75. The smallest absolute Gasteiger partial charge is 0.229 e. The van der Waals surface area contributed by atoms with E-state index in [0.29, 0.717) is 25.1 Å². The summed E-state index contributed by atoms with van der Waals surface area (Å²) in [5.74, 6) is -0.185. The molecule has 0 saturated carbocycles. The lowest BCUT2D eigenvalue weighted by molar-refractivity contribution is -0.134. The Morgan fingerprint density at radius 2 is 2.19 bits per heavy atom. The summed E-state index contributed by atoms with van der Waals surface area (Å²) in [4.78, 5) is 12.6. The third kappa shape index (κ3) is 3.00. The van der Waals surface area contributed by atoms with E-state index >= 15 is 0 Å². The summed E-state index contributed by atoms with van der Waals surface area (Å²) in [5, 5.41) is 6.27. The van der Waals surface area contributed by atoms with E-state index in [4.69, 9.17) is 0 Å². The number of rotatable bonds is 4. The van der Waals surface area contributed by atoms with E-state index in [9.17, 15) is 9.18 Å². The standard InChI is InChI=1S/C17H21FN2O/c18-15-9-5-4-6-13(15)10-17(11-19-12-17)16(21)20-14-7-2-1-3-8-14/h2,4-7,9,14,19H,1,3,8,10-12H2,(H,20,21). The van der Waals surface area contributed by atoms with Gasteiger partial charge in [-0.3, -0.25) is 4.79 Å². The lowest BCUT2D eigenvalue weighted by Gasteiger charge is -2.42. The van der Waals surface area contributed by atoms with Gasteiger partial charge in [-0.1, -0.05) is 30.4 Å². The molecule has 1 unspecified atom stereocenters. The fraction of sp³-hybridized carbons (Fsp3) is 0.471. The second kappa shape index (κ2) is 5.98. The van der Waals surface area contributed by atoms with Gasteiger partial charge in [0.2, 0.25) is 5.91 Å². The van der Waals surface area contributed by atoms with Crippen molar-refractivity contribution in [3.63, 3.8) is 0 Å². The summed E-state index contributed by atoms with van der Waals surface area (Å²) in [5.41, 5.74) is 0.112. The molecule has 1 aromatic rings. The Kier molecular flexibility index (Phi) is 4.06. The molecule has 1 aliphatic heterocycles. The molecule has 0 bridgehead atoms. The zero-order valence-corrected chi connectivity index (χ0v) is 12.1. The topological polar surface area (TPSA) is 41.1 Å². The molecule has 21 heavy (non-hydrogen) atoms. The highest BCUT2D eigenvalue weighted by molar-refractivity contribution is 5.85. The highest BCUT2D eigenvalue weighted by Crippen LogP contribution is 2.29. The van der Waals surface area contributed by atoms with Crippen LogP contribution in [0.4, 0.5) is 4.39 Å². The van der Waals surface area contributed by atoms with E-state index in [0.717, 1.165) is 19.3 Å². The largest absolute Gasteiger partial charge is 0.349 e. The maximum absolute atomic E-state index is 13.8. The Morgan fingerprint density at radius 3 is 2.81 bits per heavy atom. The van der Waals surface area contributed by atoms with Crippen LogP contribution in [0.25, 0.3) is 0 Å². The summed E-state index contributed by atoms with van der Waals surface area (Å²) in [6.07, 6.45) is 7.84. The Balaban J connectivity index is 1.71. The molecule has 1 saturated heterocycles. The van der Waals surface area contributed by atoms with Crippen LogP contribution in [0, 0.1) is 11.2 Å². The first-order valence-corrected chi connectivity index (χ1v) is 7.61. The van der Waals surface area contributed by atoms with Crippen molar-refractivity contribution in [2.24, 2.45) is 5.41 Å². The Morgan fingerprint density at radius 1 is 1.38 bits per heavy atom. The van der Waals surface area contributed by atoms with Crippen LogP contribution in [0.1, 0.15) is 24.8 Å². The van der Waals surface area contributed by atoms with E-state index in [2.05, 4.69) is 22.8 Å². The summed E-state index contributed by atoms with van der Waals surface area (Å²) >= 11 is 0. The van der Waals surface area contributed by atoms with Crippen LogP contribution in [0.2, 0.25) is 0 Å². The third-order valence-corrected chi connectivity index (χ3v) is 4.47. The third-order valence-electron chi connectivity index (χ3n) is 4.47. The molecule has 2 aliphatic rings. The van der Waals surface area contributed by atoms with Crippen LogP contribution < -0.4 is 10.6 Å². The SMILES string of the molecule is O=C(NC1C=CCCC1)C1(Cc2ccccc2F)CNC1. The number of hydrogen-bond acceptors (Lipinski definition) is 2. The molecule has 1 atom stereocenters. The summed E-state index contributed by atoms with van der Waals surface area (Å²) in [6, 6.07) is 6.85. The number of allylic oxidation sites excluding steroid dienone is 1. The number of hydrogen-bond donors (Lipinski definition) is 2. The number of amides is 1. The minimum Gasteiger partial charge on any atom is -0.349 e.